The van der Waals surface area contributed by atoms with Gasteiger partial charge in [0, 0.05) is 31.4 Å². The number of rotatable bonds is 9. The first-order chi connectivity index (χ1) is 11.4. The third-order valence-corrected chi connectivity index (χ3v) is 5.46. The third kappa shape index (κ3) is 7.58. The molecule has 0 saturated carbocycles. The van der Waals surface area contributed by atoms with Crippen molar-refractivity contribution in [3.8, 4) is 0 Å². The fourth-order valence-corrected chi connectivity index (χ4v) is 2.54. The van der Waals surface area contributed by atoms with Gasteiger partial charge in [-0.3, -0.25) is 9.89 Å². The summed E-state index contributed by atoms with van der Waals surface area (Å²) in [6.45, 7) is 13.7. The number of hydrogen-bond acceptors (Lipinski definition) is 3. The lowest BCUT2D eigenvalue weighted by Gasteiger charge is -2.24. The Kier molecular flexibility index (Phi) is 9.22. The van der Waals surface area contributed by atoms with Crippen LogP contribution in [0.4, 0.5) is 0 Å². The van der Waals surface area contributed by atoms with E-state index < -0.39 is 0 Å². The van der Waals surface area contributed by atoms with E-state index in [0.717, 1.165) is 38.7 Å². The second-order valence-electron chi connectivity index (χ2n) is 6.52. The van der Waals surface area contributed by atoms with E-state index in [1.807, 2.05) is 18.8 Å². The first kappa shape index (κ1) is 20.8. The minimum atomic E-state index is 0.196. The van der Waals surface area contributed by atoms with Crippen LogP contribution in [0.3, 0.4) is 0 Å². The number of benzene rings is 1. The highest BCUT2D eigenvalue weighted by Gasteiger charge is 2.16. The minimum Gasteiger partial charge on any atom is -0.355 e. The van der Waals surface area contributed by atoms with Gasteiger partial charge in [0.25, 0.3) is 0 Å². The second-order valence-corrected chi connectivity index (χ2v) is 8.04. The van der Waals surface area contributed by atoms with E-state index in [2.05, 4.69) is 78.7 Å². The molecule has 0 radical (unpaired) electrons. The standard InChI is InChI=1S/C19H34N4S/c1-7-23(8-2)14-17-11-9-10-16(12-17)13-21-18(20-5)22-15-19(3,4)24-6/h9-12H,7-8,13-15H2,1-6H3,(H2,20,21,22). The van der Waals surface area contributed by atoms with Gasteiger partial charge in [0.05, 0.1) is 0 Å². The maximum Gasteiger partial charge on any atom is 0.191 e. The molecule has 0 heterocycles. The van der Waals surface area contributed by atoms with E-state index >= 15 is 0 Å². The summed E-state index contributed by atoms with van der Waals surface area (Å²) in [4.78, 5) is 6.74. The molecule has 1 aromatic rings. The summed E-state index contributed by atoms with van der Waals surface area (Å²) in [5.41, 5.74) is 2.65. The van der Waals surface area contributed by atoms with Crippen molar-refractivity contribution in [1.82, 2.24) is 15.5 Å². The third-order valence-electron chi connectivity index (χ3n) is 4.21. The molecule has 0 amide bonds. The largest absolute Gasteiger partial charge is 0.355 e. The Labute approximate surface area is 152 Å². The summed E-state index contributed by atoms with van der Waals surface area (Å²) < 4.78 is 0.196. The van der Waals surface area contributed by atoms with Gasteiger partial charge in [-0.1, -0.05) is 38.1 Å². The predicted octanol–water partition coefficient (Wildman–Crippen LogP) is 3.34. The maximum atomic E-state index is 4.31. The van der Waals surface area contributed by atoms with Crippen molar-refractivity contribution in [3.63, 3.8) is 0 Å². The lowest BCUT2D eigenvalue weighted by atomic mass is 10.1. The molecule has 0 aliphatic carbocycles. The molecule has 5 heteroatoms. The van der Waals surface area contributed by atoms with Gasteiger partial charge in [-0.2, -0.15) is 11.8 Å². The second kappa shape index (κ2) is 10.6. The van der Waals surface area contributed by atoms with E-state index in [1.165, 1.54) is 11.1 Å². The van der Waals surface area contributed by atoms with Crippen LogP contribution in [0.5, 0.6) is 0 Å². The van der Waals surface area contributed by atoms with Crippen molar-refractivity contribution < 1.29 is 0 Å². The zero-order valence-corrected chi connectivity index (χ0v) is 17.0. The molecule has 0 saturated heterocycles. The molecular formula is C19H34N4S. The SMILES string of the molecule is CCN(CC)Cc1cccc(CNC(=NC)NCC(C)(C)SC)c1. The average molecular weight is 351 g/mol. The van der Waals surface area contributed by atoms with Crippen molar-refractivity contribution in [2.24, 2.45) is 4.99 Å². The molecule has 0 spiro atoms. The highest BCUT2D eigenvalue weighted by Crippen LogP contribution is 2.19. The fourth-order valence-electron chi connectivity index (χ4n) is 2.32. The molecule has 0 unspecified atom stereocenters. The molecule has 0 aliphatic heterocycles. The average Bonchev–Trinajstić information content (AvgIpc) is 2.60. The predicted molar refractivity (Wildman–Crippen MR) is 109 cm³/mol. The van der Waals surface area contributed by atoms with Crippen LogP contribution in [0.1, 0.15) is 38.8 Å². The molecule has 136 valence electrons. The molecule has 2 N–H and O–H groups in total. The molecule has 1 rings (SSSR count). The monoisotopic (exact) mass is 350 g/mol. The molecule has 0 fully saturated rings. The summed E-state index contributed by atoms with van der Waals surface area (Å²) in [6, 6.07) is 8.79. The number of nitrogens with one attached hydrogen (secondary N) is 2. The van der Waals surface area contributed by atoms with Gasteiger partial charge in [0.1, 0.15) is 0 Å². The van der Waals surface area contributed by atoms with Gasteiger partial charge in [0.15, 0.2) is 5.96 Å². The zero-order chi connectivity index (χ0) is 18.0. The summed E-state index contributed by atoms with van der Waals surface area (Å²) in [5.74, 6) is 0.853. The van der Waals surface area contributed by atoms with E-state index in [-0.39, 0.29) is 4.75 Å². The molecule has 0 aromatic heterocycles. The normalized spacial score (nSPS) is 12.5. The number of nitrogens with zero attached hydrogens (tertiary/aromatic N) is 2. The van der Waals surface area contributed by atoms with Crippen LogP contribution in [0, 0.1) is 0 Å². The number of guanidine groups is 1. The van der Waals surface area contributed by atoms with E-state index in [4.69, 9.17) is 0 Å². The molecular weight excluding hydrogens is 316 g/mol. The Hall–Kier alpha value is -1.20. The van der Waals surface area contributed by atoms with Gasteiger partial charge >= 0.3 is 0 Å². The van der Waals surface area contributed by atoms with Gasteiger partial charge in [-0.15, -0.1) is 0 Å². The molecule has 4 nitrogen and oxygen atoms in total. The van der Waals surface area contributed by atoms with Crippen molar-refractivity contribution in [2.75, 3.05) is 32.9 Å². The van der Waals surface area contributed by atoms with Gasteiger partial charge in [-0.05, 0) is 44.3 Å². The highest BCUT2D eigenvalue weighted by atomic mass is 32.2. The van der Waals surface area contributed by atoms with Crippen molar-refractivity contribution in [1.29, 1.82) is 0 Å². The quantitative estimate of drug-likeness (QED) is 0.529. The first-order valence-electron chi connectivity index (χ1n) is 8.74. The van der Waals surface area contributed by atoms with E-state index in [9.17, 15) is 0 Å². The van der Waals surface area contributed by atoms with Crippen LogP contribution < -0.4 is 10.6 Å². The van der Waals surface area contributed by atoms with Crippen LogP contribution >= 0.6 is 11.8 Å². The molecule has 0 bridgehead atoms. The lowest BCUT2D eigenvalue weighted by molar-refractivity contribution is 0.296. The topological polar surface area (TPSA) is 39.7 Å². The number of hydrogen-bond donors (Lipinski definition) is 2. The first-order valence-corrected chi connectivity index (χ1v) is 9.96. The van der Waals surface area contributed by atoms with Crippen LogP contribution in [0.15, 0.2) is 29.3 Å². The molecule has 1 aromatic carbocycles. The Morgan fingerprint density at radius 2 is 1.83 bits per heavy atom. The lowest BCUT2D eigenvalue weighted by Crippen LogP contribution is -2.43. The molecule has 0 atom stereocenters. The Morgan fingerprint density at radius 1 is 1.17 bits per heavy atom. The molecule has 24 heavy (non-hydrogen) atoms. The van der Waals surface area contributed by atoms with Crippen LogP contribution in [-0.2, 0) is 13.1 Å². The summed E-state index contributed by atoms with van der Waals surface area (Å²) >= 11 is 1.86. The van der Waals surface area contributed by atoms with E-state index in [0.29, 0.717) is 0 Å². The van der Waals surface area contributed by atoms with Gasteiger partial charge in [-0.25, -0.2) is 0 Å². The van der Waals surface area contributed by atoms with Crippen LogP contribution in [-0.4, -0.2) is 48.5 Å². The Morgan fingerprint density at radius 3 is 2.42 bits per heavy atom. The Bertz CT molecular complexity index is 510. The highest BCUT2D eigenvalue weighted by molar-refractivity contribution is 7.99. The number of thioether (sulfide) groups is 1. The van der Waals surface area contributed by atoms with Crippen molar-refractivity contribution >= 4 is 17.7 Å². The summed E-state index contributed by atoms with van der Waals surface area (Å²) in [5, 5.41) is 6.81. The summed E-state index contributed by atoms with van der Waals surface area (Å²) in [6.07, 6.45) is 2.14. The smallest absolute Gasteiger partial charge is 0.191 e. The number of aliphatic imine (C=N–C) groups is 1. The van der Waals surface area contributed by atoms with Gasteiger partial charge in [0.2, 0.25) is 0 Å². The fraction of sp³-hybridized carbons (Fsp3) is 0.632. The maximum absolute atomic E-state index is 4.31. The Balaban J connectivity index is 2.56. The minimum absolute atomic E-state index is 0.196. The molecule has 0 aliphatic rings. The van der Waals surface area contributed by atoms with Gasteiger partial charge < -0.3 is 10.6 Å². The van der Waals surface area contributed by atoms with Crippen LogP contribution in [0.2, 0.25) is 0 Å². The van der Waals surface area contributed by atoms with E-state index in [1.54, 1.807) is 0 Å². The van der Waals surface area contributed by atoms with Crippen LogP contribution in [0.25, 0.3) is 0 Å². The van der Waals surface area contributed by atoms with Crippen molar-refractivity contribution in [3.05, 3.63) is 35.4 Å². The van der Waals surface area contributed by atoms with Crippen molar-refractivity contribution in [2.45, 2.75) is 45.5 Å². The summed E-state index contributed by atoms with van der Waals surface area (Å²) in [7, 11) is 1.82. The zero-order valence-electron chi connectivity index (χ0n) is 16.1.